The predicted molar refractivity (Wildman–Crippen MR) is 103 cm³/mol. The second kappa shape index (κ2) is 6.57. The summed E-state index contributed by atoms with van der Waals surface area (Å²) in [5.74, 6) is -0.662. The largest absolute Gasteiger partial charge is 0.369 e. The molecule has 0 saturated carbocycles. The second-order valence-electron chi connectivity index (χ2n) is 7.28. The van der Waals surface area contributed by atoms with Gasteiger partial charge >= 0.3 is 0 Å². The van der Waals surface area contributed by atoms with Crippen LogP contribution < -0.4 is 5.73 Å². The Morgan fingerprint density at radius 2 is 2.04 bits per heavy atom. The van der Waals surface area contributed by atoms with Crippen molar-refractivity contribution in [3.05, 3.63) is 65.1 Å². The van der Waals surface area contributed by atoms with Crippen molar-refractivity contribution in [1.82, 2.24) is 14.5 Å². The average Bonchev–Trinajstić information content (AvgIpc) is 2.92. The SMILES string of the molecule is Cc1ccc2c(c1)c1c(n2CC(C(N)=O)c2ccncc2)CCN(C)C1. The third-order valence-corrected chi connectivity index (χ3v) is 5.42. The van der Waals surface area contributed by atoms with Crippen LogP contribution in [0.1, 0.15) is 28.3 Å². The quantitative estimate of drug-likeness (QED) is 0.788. The van der Waals surface area contributed by atoms with E-state index in [0.717, 1.165) is 25.1 Å². The Bertz CT molecular complexity index is 961. The maximum absolute atomic E-state index is 12.2. The Balaban J connectivity index is 1.84. The Morgan fingerprint density at radius 1 is 1.27 bits per heavy atom. The highest BCUT2D eigenvalue weighted by atomic mass is 16.1. The number of hydrogen-bond acceptors (Lipinski definition) is 3. The average molecular weight is 348 g/mol. The lowest BCUT2D eigenvalue weighted by Crippen LogP contribution is -2.29. The normalized spacial score (nSPS) is 15.8. The molecular formula is C21H24N4O. The Morgan fingerprint density at radius 3 is 2.77 bits per heavy atom. The fourth-order valence-corrected chi connectivity index (χ4v) is 4.05. The molecule has 1 aliphatic rings. The summed E-state index contributed by atoms with van der Waals surface area (Å²) in [4.78, 5) is 18.6. The molecule has 1 amide bonds. The molecule has 1 aliphatic heterocycles. The highest BCUT2D eigenvalue weighted by molar-refractivity contribution is 5.87. The molecule has 0 spiro atoms. The van der Waals surface area contributed by atoms with Gasteiger partial charge in [0, 0.05) is 55.0 Å². The molecule has 134 valence electrons. The summed E-state index contributed by atoms with van der Waals surface area (Å²) in [6, 6.07) is 10.3. The van der Waals surface area contributed by atoms with Crippen molar-refractivity contribution < 1.29 is 4.79 Å². The molecule has 1 aromatic carbocycles. The van der Waals surface area contributed by atoms with Crippen LogP contribution in [0.5, 0.6) is 0 Å². The van der Waals surface area contributed by atoms with Crippen molar-refractivity contribution in [2.45, 2.75) is 32.4 Å². The van der Waals surface area contributed by atoms with Crippen LogP contribution in [0.3, 0.4) is 0 Å². The van der Waals surface area contributed by atoms with Gasteiger partial charge in [0.25, 0.3) is 0 Å². The van der Waals surface area contributed by atoms with Crippen LogP contribution in [0, 0.1) is 6.92 Å². The van der Waals surface area contributed by atoms with Crippen molar-refractivity contribution in [3.8, 4) is 0 Å². The minimum atomic E-state index is -0.362. The van der Waals surface area contributed by atoms with Crippen molar-refractivity contribution in [3.63, 3.8) is 0 Å². The van der Waals surface area contributed by atoms with E-state index in [1.165, 1.54) is 27.7 Å². The van der Waals surface area contributed by atoms with Gasteiger partial charge in [0.1, 0.15) is 0 Å². The molecule has 3 aromatic rings. The Labute approximate surface area is 153 Å². The van der Waals surface area contributed by atoms with Gasteiger partial charge in [0.2, 0.25) is 5.91 Å². The number of nitrogens with two attached hydrogens (primary N) is 1. The Hall–Kier alpha value is -2.66. The van der Waals surface area contributed by atoms with Gasteiger partial charge in [-0.25, -0.2) is 0 Å². The van der Waals surface area contributed by atoms with Crippen molar-refractivity contribution in [2.75, 3.05) is 13.6 Å². The molecule has 1 unspecified atom stereocenters. The van der Waals surface area contributed by atoms with Crippen LogP contribution in [-0.2, 0) is 24.3 Å². The van der Waals surface area contributed by atoms with Gasteiger partial charge in [-0.05, 0) is 49.4 Å². The number of aryl methyl sites for hydroxylation is 1. The first-order valence-electron chi connectivity index (χ1n) is 9.03. The number of carbonyl (C=O) groups is 1. The number of rotatable bonds is 4. The lowest BCUT2D eigenvalue weighted by atomic mass is 9.99. The summed E-state index contributed by atoms with van der Waals surface area (Å²) in [6.45, 7) is 4.66. The lowest BCUT2D eigenvalue weighted by molar-refractivity contribution is -0.119. The van der Waals surface area contributed by atoms with Gasteiger partial charge in [-0.3, -0.25) is 9.78 Å². The number of carbonyl (C=O) groups excluding carboxylic acids is 1. The van der Waals surface area contributed by atoms with Gasteiger partial charge in [-0.15, -0.1) is 0 Å². The van der Waals surface area contributed by atoms with Crippen LogP contribution in [0.25, 0.3) is 10.9 Å². The highest BCUT2D eigenvalue weighted by Crippen LogP contribution is 2.33. The number of amides is 1. The van der Waals surface area contributed by atoms with E-state index >= 15 is 0 Å². The number of aromatic nitrogens is 2. The number of benzene rings is 1. The predicted octanol–water partition coefficient (Wildman–Crippen LogP) is 2.60. The number of hydrogen-bond donors (Lipinski definition) is 1. The van der Waals surface area contributed by atoms with Gasteiger partial charge in [0.05, 0.1) is 5.92 Å². The maximum Gasteiger partial charge on any atom is 0.226 e. The van der Waals surface area contributed by atoms with Gasteiger partial charge in [-0.1, -0.05) is 11.6 Å². The molecule has 5 heteroatoms. The van der Waals surface area contributed by atoms with Crippen LogP contribution in [0.15, 0.2) is 42.7 Å². The summed E-state index contributed by atoms with van der Waals surface area (Å²) < 4.78 is 2.31. The van der Waals surface area contributed by atoms with Crippen LogP contribution in [0.2, 0.25) is 0 Å². The van der Waals surface area contributed by atoms with E-state index in [1.54, 1.807) is 12.4 Å². The molecule has 2 aromatic heterocycles. The molecule has 26 heavy (non-hydrogen) atoms. The third-order valence-electron chi connectivity index (χ3n) is 5.42. The number of nitrogens with zero attached hydrogens (tertiary/aromatic N) is 3. The number of pyridine rings is 1. The molecule has 3 heterocycles. The molecule has 2 N–H and O–H groups in total. The molecule has 0 bridgehead atoms. The fraction of sp³-hybridized carbons (Fsp3) is 0.333. The van der Waals surface area contributed by atoms with Gasteiger partial charge < -0.3 is 15.2 Å². The second-order valence-corrected chi connectivity index (χ2v) is 7.28. The van der Waals surface area contributed by atoms with Crippen molar-refractivity contribution in [1.29, 1.82) is 0 Å². The molecule has 5 nitrogen and oxygen atoms in total. The van der Waals surface area contributed by atoms with E-state index in [9.17, 15) is 4.79 Å². The topological polar surface area (TPSA) is 64.1 Å². The number of likely N-dealkylation sites (N-methyl/N-ethyl adjacent to an activating group) is 1. The van der Waals surface area contributed by atoms with E-state index in [-0.39, 0.29) is 11.8 Å². The van der Waals surface area contributed by atoms with Crippen molar-refractivity contribution in [2.24, 2.45) is 5.73 Å². The molecule has 1 atom stereocenters. The smallest absolute Gasteiger partial charge is 0.226 e. The summed E-state index contributed by atoms with van der Waals surface area (Å²) in [5.41, 5.74) is 11.9. The fourth-order valence-electron chi connectivity index (χ4n) is 4.05. The first-order valence-corrected chi connectivity index (χ1v) is 9.03. The minimum absolute atomic E-state index is 0.299. The number of primary amides is 1. The summed E-state index contributed by atoms with van der Waals surface area (Å²) >= 11 is 0. The van der Waals surface area contributed by atoms with Gasteiger partial charge in [-0.2, -0.15) is 0 Å². The van der Waals surface area contributed by atoms with E-state index in [2.05, 4.69) is 46.6 Å². The number of fused-ring (bicyclic) bond motifs is 3. The maximum atomic E-state index is 12.2. The van der Waals surface area contributed by atoms with Crippen molar-refractivity contribution >= 4 is 16.8 Å². The van der Waals surface area contributed by atoms with Gasteiger partial charge in [0.15, 0.2) is 0 Å². The van der Waals surface area contributed by atoms with E-state index < -0.39 is 0 Å². The lowest BCUT2D eigenvalue weighted by Gasteiger charge is -2.25. The molecule has 0 saturated heterocycles. The summed E-state index contributed by atoms with van der Waals surface area (Å²) in [6.07, 6.45) is 4.42. The Kier molecular flexibility index (Phi) is 4.24. The molecule has 0 radical (unpaired) electrons. The first-order chi connectivity index (χ1) is 12.5. The third kappa shape index (κ3) is 2.88. The monoisotopic (exact) mass is 348 g/mol. The van der Waals surface area contributed by atoms with E-state index in [0.29, 0.717) is 6.54 Å². The van der Waals surface area contributed by atoms with Crippen LogP contribution in [-0.4, -0.2) is 34.0 Å². The highest BCUT2D eigenvalue weighted by Gasteiger charge is 2.26. The molecule has 4 rings (SSSR count). The molecule has 0 aliphatic carbocycles. The molecule has 0 fully saturated rings. The molecular weight excluding hydrogens is 324 g/mol. The van der Waals surface area contributed by atoms with E-state index in [1.807, 2.05) is 12.1 Å². The summed E-state index contributed by atoms with van der Waals surface area (Å²) in [7, 11) is 2.16. The standard InChI is InChI=1S/C21H24N4O/c1-14-3-4-19-16(11-14)18-12-24(2)10-7-20(18)25(19)13-17(21(22)26)15-5-8-23-9-6-15/h3-6,8-9,11,17H,7,10,12-13H2,1-2H3,(H2,22,26). The minimum Gasteiger partial charge on any atom is -0.369 e. The van der Waals surface area contributed by atoms with Crippen LogP contribution >= 0.6 is 0 Å². The van der Waals surface area contributed by atoms with Crippen LogP contribution in [0.4, 0.5) is 0 Å². The zero-order valence-corrected chi connectivity index (χ0v) is 15.3. The zero-order valence-electron chi connectivity index (χ0n) is 15.3. The first kappa shape index (κ1) is 16.8. The van der Waals surface area contributed by atoms with E-state index in [4.69, 9.17) is 5.73 Å². The zero-order chi connectivity index (χ0) is 18.3. The summed E-state index contributed by atoms with van der Waals surface area (Å²) in [5, 5.41) is 1.30.